The number of aromatic nitrogens is 3. The van der Waals surface area contributed by atoms with Crippen LogP contribution in [0.2, 0.25) is 10.0 Å². The summed E-state index contributed by atoms with van der Waals surface area (Å²) in [6, 6.07) is 9.07. The topological polar surface area (TPSA) is 53.6 Å². The molecule has 0 aliphatic carbocycles. The Morgan fingerprint density at radius 2 is 1.94 bits per heavy atom. The lowest BCUT2D eigenvalue weighted by Gasteiger charge is -1.99. The first-order valence-electron chi connectivity index (χ1n) is 5.25. The van der Waals surface area contributed by atoms with Crippen LogP contribution in [0, 0.1) is 0 Å². The maximum absolute atomic E-state index is 5.94. The zero-order chi connectivity index (χ0) is 12.5. The molecule has 0 saturated heterocycles. The summed E-state index contributed by atoms with van der Waals surface area (Å²) >= 11 is 11.9. The Hall–Kier alpha value is -1.78. The molecule has 0 saturated carbocycles. The number of nitrogens with one attached hydrogen (secondary N) is 2. The van der Waals surface area contributed by atoms with Crippen molar-refractivity contribution in [1.29, 1.82) is 0 Å². The molecule has 0 spiro atoms. The lowest BCUT2D eigenvalue weighted by molar-refractivity contribution is 1.24. The summed E-state index contributed by atoms with van der Waals surface area (Å²) in [5, 5.41) is 4.05. The van der Waals surface area contributed by atoms with Crippen LogP contribution in [-0.4, -0.2) is 15.0 Å². The zero-order valence-corrected chi connectivity index (χ0v) is 10.6. The van der Waals surface area contributed by atoms with Crippen molar-refractivity contribution in [2.75, 3.05) is 5.32 Å². The summed E-state index contributed by atoms with van der Waals surface area (Å²) in [5.41, 5.74) is 1.57. The quantitative estimate of drug-likeness (QED) is 0.745. The Morgan fingerprint density at radius 1 is 1.11 bits per heavy atom. The van der Waals surface area contributed by atoms with Gasteiger partial charge in [0.15, 0.2) is 0 Å². The minimum Gasteiger partial charge on any atom is -0.324 e. The number of pyridine rings is 1. The monoisotopic (exact) mass is 278 g/mol. The van der Waals surface area contributed by atoms with Gasteiger partial charge in [-0.15, -0.1) is 0 Å². The van der Waals surface area contributed by atoms with Gasteiger partial charge in [0.25, 0.3) is 0 Å². The summed E-state index contributed by atoms with van der Waals surface area (Å²) in [6.45, 7) is 0. The fourth-order valence-electron chi connectivity index (χ4n) is 1.62. The Kier molecular flexibility index (Phi) is 2.81. The highest BCUT2D eigenvalue weighted by Gasteiger charge is 2.06. The summed E-state index contributed by atoms with van der Waals surface area (Å²) in [7, 11) is 0. The number of hydrogen-bond donors (Lipinski definition) is 2. The second-order valence-electron chi connectivity index (χ2n) is 3.71. The molecule has 3 rings (SSSR count). The van der Waals surface area contributed by atoms with Crippen LogP contribution in [0.5, 0.6) is 0 Å². The van der Waals surface area contributed by atoms with Crippen molar-refractivity contribution < 1.29 is 0 Å². The number of fused-ring (bicyclic) bond motifs is 1. The van der Waals surface area contributed by atoms with E-state index < -0.39 is 0 Å². The molecule has 0 bridgehead atoms. The largest absolute Gasteiger partial charge is 0.324 e. The van der Waals surface area contributed by atoms with E-state index in [-0.39, 0.29) is 0 Å². The van der Waals surface area contributed by atoms with Crippen LogP contribution < -0.4 is 5.32 Å². The standard InChI is InChI=1S/C12H8Cl2N4/c13-7-5-9-10(6-8(7)14)17-12(16-9)18-11-3-1-2-4-15-11/h1-6H,(H2,15,16,17,18). The molecule has 1 aromatic carbocycles. The fourth-order valence-corrected chi connectivity index (χ4v) is 1.94. The van der Waals surface area contributed by atoms with Gasteiger partial charge in [-0.2, -0.15) is 0 Å². The fraction of sp³-hybridized carbons (Fsp3) is 0. The van der Waals surface area contributed by atoms with Crippen molar-refractivity contribution in [3.63, 3.8) is 0 Å². The number of aromatic amines is 1. The van der Waals surface area contributed by atoms with Gasteiger partial charge < -0.3 is 10.3 Å². The van der Waals surface area contributed by atoms with E-state index >= 15 is 0 Å². The second-order valence-corrected chi connectivity index (χ2v) is 4.52. The Balaban J connectivity index is 1.99. The molecule has 2 aromatic heterocycles. The average molecular weight is 279 g/mol. The molecule has 0 radical (unpaired) electrons. The second kappa shape index (κ2) is 4.48. The lowest BCUT2D eigenvalue weighted by atomic mass is 10.3. The summed E-state index contributed by atoms with van der Waals surface area (Å²) in [6.07, 6.45) is 1.71. The van der Waals surface area contributed by atoms with Gasteiger partial charge in [0.05, 0.1) is 21.1 Å². The number of rotatable bonds is 2. The first kappa shape index (κ1) is 11.3. The third kappa shape index (κ3) is 2.12. The van der Waals surface area contributed by atoms with Crippen molar-refractivity contribution in [3.05, 3.63) is 46.6 Å². The maximum atomic E-state index is 5.94. The van der Waals surface area contributed by atoms with E-state index in [1.807, 2.05) is 18.2 Å². The SMILES string of the molecule is Clc1cc2nc(Nc3ccccn3)[nH]c2cc1Cl. The number of hydrogen-bond acceptors (Lipinski definition) is 3. The Labute approximate surface area is 113 Å². The van der Waals surface area contributed by atoms with E-state index in [9.17, 15) is 0 Å². The van der Waals surface area contributed by atoms with Crippen molar-refractivity contribution in [1.82, 2.24) is 15.0 Å². The first-order valence-corrected chi connectivity index (χ1v) is 6.01. The van der Waals surface area contributed by atoms with E-state index in [0.29, 0.717) is 21.8 Å². The van der Waals surface area contributed by atoms with Crippen molar-refractivity contribution in [3.8, 4) is 0 Å². The third-order valence-corrected chi connectivity index (χ3v) is 3.16. The molecule has 2 N–H and O–H groups in total. The van der Waals surface area contributed by atoms with Crippen LogP contribution in [0.15, 0.2) is 36.5 Å². The highest BCUT2D eigenvalue weighted by molar-refractivity contribution is 6.42. The van der Waals surface area contributed by atoms with Gasteiger partial charge in [-0.05, 0) is 24.3 Å². The molecule has 2 heterocycles. The predicted octanol–water partition coefficient (Wildman–Crippen LogP) is 4.01. The highest BCUT2D eigenvalue weighted by Crippen LogP contribution is 2.27. The molecule has 90 valence electrons. The smallest absolute Gasteiger partial charge is 0.206 e. The van der Waals surface area contributed by atoms with Crippen molar-refractivity contribution in [2.45, 2.75) is 0 Å². The van der Waals surface area contributed by atoms with Gasteiger partial charge >= 0.3 is 0 Å². The number of anilines is 2. The Bertz CT molecular complexity index is 655. The van der Waals surface area contributed by atoms with Gasteiger partial charge in [-0.25, -0.2) is 9.97 Å². The molecule has 0 aliphatic heterocycles. The predicted molar refractivity (Wildman–Crippen MR) is 73.6 cm³/mol. The molecule has 0 unspecified atom stereocenters. The number of imidazole rings is 1. The van der Waals surface area contributed by atoms with Gasteiger partial charge in [0.1, 0.15) is 5.82 Å². The van der Waals surface area contributed by atoms with Crippen molar-refractivity contribution >= 4 is 46.0 Å². The number of halogens is 2. The van der Waals surface area contributed by atoms with Gasteiger partial charge in [-0.1, -0.05) is 29.3 Å². The molecule has 18 heavy (non-hydrogen) atoms. The molecular formula is C12H8Cl2N4. The molecule has 0 fully saturated rings. The van der Waals surface area contributed by atoms with Crippen LogP contribution in [0.4, 0.5) is 11.8 Å². The Morgan fingerprint density at radius 3 is 2.72 bits per heavy atom. The average Bonchev–Trinajstić information content (AvgIpc) is 2.72. The van der Waals surface area contributed by atoms with E-state index in [4.69, 9.17) is 23.2 Å². The van der Waals surface area contributed by atoms with Crippen LogP contribution in [0.25, 0.3) is 11.0 Å². The molecule has 0 aliphatic rings. The third-order valence-electron chi connectivity index (χ3n) is 2.44. The van der Waals surface area contributed by atoms with E-state index in [1.54, 1.807) is 18.3 Å². The summed E-state index contributed by atoms with van der Waals surface area (Å²) < 4.78 is 0. The zero-order valence-electron chi connectivity index (χ0n) is 9.11. The lowest BCUT2D eigenvalue weighted by Crippen LogP contribution is -1.93. The maximum Gasteiger partial charge on any atom is 0.206 e. The van der Waals surface area contributed by atoms with Gasteiger partial charge in [0.2, 0.25) is 5.95 Å². The van der Waals surface area contributed by atoms with Gasteiger partial charge in [-0.3, -0.25) is 0 Å². The van der Waals surface area contributed by atoms with E-state index in [2.05, 4.69) is 20.3 Å². The molecule has 0 atom stereocenters. The number of nitrogens with zero attached hydrogens (tertiary/aromatic N) is 2. The van der Waals surface area contributed by atoms with E-state index in [1.165, 1.54) is 0 Å². The van der Waals surface area contributed by atoms with Crippen LogP contribution in [-0.2, 0) is 0 Å². The highest BCUT2D eigenvalue weighted by atomic mass is 35.5. The van der Waals surface area contributed by atoms with Crippen molar-refractivity contribution in [2.24, 2.45) is 0 Å². The molecule has 3 aromatic rings. The first-order chi connectivity index (χ1) is 8.72. The van der Waals surface area contributed by atoms with Crippen LogP contribution in [0.3, 0.4) is 0 Å². The van der Waals surface area contributed by atoms with Gasteiger partial charge in [0, 0.05) is 6.20 Å². The summed E-state index contributed by atoms with van der Waals surface area (Å²) in [5.74, 6) is 1.32. The molecule has 4 nitrogen and oxygen atoms in total. The summed E-state index contributed by atoms with van der Waals surface area (Å²) in [4.78, 5) is 11.6. The molecular weight excluding hydrogens is 271 g/mol. The number of H-pyrrole nitrogens is 1. The minimum absolute atomic E-state index is 0.486. The molecule has 6 heteroatoms. The van der Waals surface area contributed by atoms with E-state index in [0.717, 1.165) is 11.0 Å². The molecule has 0 amide bonds. The van der Waals surface area contributed by atoms with Crippen LogP contribution in [0.1, 0.15) is 0 Å². The normalized spacial score (nSPS) is 10.8. The number of benzene rings is 1. The minimum atomic E-state index is 0.486. The van der Waals surface area contributed by atoms with Crippen LogP contribution >= 0.6 is 23.2 Å².